The third-order valence-corrected chi connectivity index (χ3v) is 3.65. The molecule has 1 rings (SSSR count). The Hall–Kier alpha value is -1.10. The molecule has 5 nitrogen and oxygen atoms in total. The lowest BCUT2D eigenvalue weighted by atomic mass is 9.85. The highest BCUT2D eigenvalue weighted by molar-refractivity contribution is 5.80. The van der Waals surface area contributed by atoms with Crippen molar-refractivity contribution in [1.29, 1.82) is 0 Å². The van der Waals surface area contributed by atoms with E-state index in [0.29, 0.717) is 0 Å². The van der Waals surface area contributed by atoms with Crippen LogP contribution in [-0.4, -0.2) is 29.1 Å². The summed E-state index contributed by atoms with van der Waals surface area (Å²) in [6.45, 7) is 3.33. The molecular weight excluding hydrogens is 220 g/mol. The molecule has 0 spiro atoms. The van der Waals surface area contributed by atoms with Gasteiger partial charge in [0.2, 0.25) is 5.91 Å². The maximum atomic E-state index is 11.9. The van der Waals surface area contributed by atoms with Gasteiger partial charge in [0.15, 0.2) is 0 Å². The average molecular weight is 242 g/mol. The number of carbonyl (C=O) groups excluding carboxylic acids is 1. The van der Waals surface area contributed by atoms with Crippen LogP contribution in [0.4, 0.5) is 0 Å². The van der Waals surface area contributed by atoms with Crippen LogP contribution >= 0.6 is 0 Å². The highest BCUT2D eigenvalue weighted by Crippen LogP contribution is 2.23. The Morgan fingerprint density at radius 2 is 1.76 bits per heavy atom. The number of aliphatic carboxylic acids is 1. The second-order valence-electron chi connectivity index (χ2n) is 5.04. The molecule has 1 amide bonds. The third kappa shape index (κ3) is 4.00. The molecule has 0 aromatic carbocycles. The van der Waals surface area contributed by atoms with Crippen LogP contribution in [-0.2, 0) is 9.59 Å². The Kier molecular flexibility index (Phi) is 4.93. The fourth-order valence-electron chi connectivity index (χ4n) is 2.06. The molecule has 0 saturated heterocycles. The molecule has 0 aliphatic heterocycles. The fourth-order valence-corrected chi connectivity index (χ4v) is 2.06. The predicted molar refractivity (Wildman–Crippen MR) is 64.3 cm³/mol. The summed E-state index contributed by atoms with van der Waals surface area (Å²) in [6, 6.07) is -0.120. The van der Waals surface area contributed by atoms with Gasteiger partial charge >= 0.3 is 5.97 Å². The van der Waals surface area contributed by atoms with Crippen molar-refractivity contribution < 1.29 is 14.7 Å². The summed E-state index contributed by atoms with van der Waals surface area (Å²) >= 11 is 0. The van der Waals surface area contributed by atoms with Crippen LogP contribution in [0.1, 0.15) is 39.5 Å². The summed E-state index contributed by atoms with van der Waals surface area (Å²) in [5.74, 6) is -1.48. The first-order valence-corrected chi connectivity index (χ1v) is 6.20. The molecule has 0 aromatic rings. The van der Waals surface area contributed by atoms with Crippen LogP contribution in [0.5, 0.6) is 0 Å². The zero-order valence-corrected chi connectivity index (χ0v) is 10.5. The maximum Gasteiger partial charge on any atom is 0.308 e. The fraction of sp³-hybridized carbons (Fsp3) is 0.833. The maximum absolute atomic E-state index is 11.9. The second-order valence-corrected chi connectivity index (χ2v) is 5.04. The molecule has 0 heterocycles. The molecule has 98 valence electrons. The predicted octanol–water partition coefficient (Wildman–Crippen LogP) is 0.729. The van der Waals surface area contributed by atoms with E-state index in [4.69, 9.17) is 10.8 Å². The summed E-state index contributed by atoms with van der Waals surface area (Å²) in [5, 5.41) is 11.6. The number of hydrogen-bond donors (Lipinski definition) is 3. The molecule has 2 unspecified atom stereocenters. The molecule has 4 N–H and O–H groups in total. The van der Waals surface area contributed by atoms with Crippen molar-refractivity contribution >= 4 is 11.9 Å². The van der Waals surface area contributed by atoms with E-state index in [1.807, 2.05) is 0 Å². The number of rotatable bonds is 4. The minimum absolute atomic E-state index is 0.00163. The van der Waals surface area contributed by atoms with Crippen LogP contribution in [0.2, 0.25) is 0 Å². The molecule has 1 fully saturated rings. The highest BCUT2D eigenvalue weighted by atomic mass is 16.4. The van der Waals surface area contributed by atoms with Crippen molar-refractivity contribution in [3.63, 3.8) is 0 Å². The van der Waals surface area contributed by atoms with Crippen molar-refractivity contribution in [2.45, 2.75) is 51.6 Å². The van der Waals surface area contributed by atoms with Crippen molar-refractivity contribution in [2.24, 2.45) is 17.6 Å². The average Bonchev–Trinajstić information content (AvgIpc) is 2.28. The van der Waals surface area contributed by atoms with E-state index >= 15 is 0 Å². The van der Waals surface area contributed by atoms with Gasteiger partial charge < -0.3 is 16.2 Å². The summed E-state index contributed by atoms with van der Waals surface area (Å²) < 4.78 is 0. The molecule has 1 aliphatic rings. The van der Waals surface area contributed by atoms with E-state index in [0.717, 1.165) is 25.7 Å². The lowest BCUT2D eigenvalue weighted by molar-refractivity contribution is -0.142. The Bertz CT molecular complexity index is 285. The quantitative estimate of drug-likeness (QED) is 0.677. The van der Waals surface area contributed by atoms with Crippen LogP contribution in [0, 0.1) is 11.8 Å². The minimum Gasteiger partial charge on any atom is -0.481 e. The van der Waals surface area contributed by atoms with Gasteiger partial charge in [0, 0.05) is 18.0 Å². The van der Waals surface area contributed by atoms with E-state index in [1.54, 1.807) is 13.8 Å². The summed E-state index contributed by atoms with van der Waals surface area (Å²) in [7, 11) is 0. The van der Waals surface area contributed by atoms with E-state index in [-0.39, 0.29) is 23.9 Å². The number of carbonyl (C=O) groups is 2. The number of amides is 1. The number of carboxylic acid groups (broad SMARTS) is 1. The van der Waals surface area contributed by atoms with Gasteiger partial charge in [0.1, 0.15) is 0 Å². The largest absolute Gasteiger partial charge is 0.481 e. The van der Waals surface area contributed by atoms with E-state index in [9.17, 15) is 9.59 Å². The summed E-state index contributed by atoms with van der Waals surface area (Å²) in [5.41, 5.74) is 5.78. The highest BCUT2D eigenvalue weighted by Gasteiger charge is 2.27. The number of nitrogens with one attached hydrogen (secondary N) is 1. The molecule has 1 saturated carbocycles. The van der Waals surface area contributed by atoms with Crippen molar-refractivity contribution in [1.82, 2.24) is 5.32 Å². The second kappa shape index (κ2) is 6.00. The van der Waals surface area contributed by atoms with Crippen molar-refractivity contribution in [3.8, 4) is 0 Å². The SMILES string of the molecule is CC(NC(=O)C1CCC(N)CC1)C(C)C(=O)O. The van der Waals surface area contributed by atoms with Gasteiger partial charge in [-0.1, -0.05) is 0 Å². The van der Waals surface area contributed by atoms with E-state index in [1.165, 1.54) is 0 Å². The summed E-state index contributed by atoms with van der Waals surface area (Å²) in [4.78, 5) is 22.7. The lowest BCUT2D eigenvalue weighted by Crippen LogP contribution is -2.44. The minimum atomic E-state index is -0.886. The van der Waals surface area contributed by atoms with Gasteiger partial charge in [-0.15, -0.1) is 0 Å². The Morgan fingerprint density at radius 3 is 2.24 bits per heavy atom. The molecule has 2 atom stereocenters. The van der Waals surface area contributed by atoms with Gasteiger partial charge in [0.25, 0.3) is 0 Å². The van der Waals surface area contributed by atoms with Crippen molar-refractivity contribution in [2.75, 3.05) is 0 Å². The van der Waals surface area contributed by atoms with Crippen LogP contribution in [0.3, 0.4) is 0 Å². The van der Waals surface area contributed by atoms with Crippen LogP contribution in [0.25, 0.3) is 0 Å². The Balaban J connectivity index is 2.41. The number of hydrogen-bond acceptors (Lipinski definition) is 3. The lowest BCUT2D eigenvalue weighted by Gasteiger charge is -2.27. The topological polar surface area (TPSA) is 92.4 Å². The molecule has 17 heavy (non-hydrogen) atoms. The van der Waals surface area contributed by atoms with Crippen LogP contribution in [0.15, 0.2) is 0 Å². The molecule has 0 bridgehead atoms. The smallest absolute Gasteiger partial charge is 0.308 e. The third-order valence-electron chi connectivity index (χ3n) is 3.65. The standard InChI is InChI=1S/C12H22N2O3/c1-7(12(16)17)8(2)14-11(15)9-3-5-10(13)6-4-9/h7-10H,3-6,13H2,1-2H3,(H,14,15)(H,16,17). The van der Waals surface area contributed by atoms with E-state index < -0.39 is 11.9 Å². The van der Waals surface area contributed by atoms with Crippen molar-refractivity contribution in [3.05, 3.63) is 0 Å². The molecule has 1 aliphatic carbocycles. The molecule has 0 aromatic heterocycles. The van der Waals surface area contributed by atoms with E-state index in [2.05, 4.69) is 5.32 Å². The van der Waals surface area contributed by atoms with Crippen LogP contribution < -0.4 is 11.1 Å². The zero-order valence-electron chi connectivity index (χ0n) is 10.5. The number of nitrogens with two attached hydrogens (primary N) is 1. The first-order valence-electron chi connectivity index (χ1n) is 6.20. The first-order chi connectivity index (χ1) is 7.91. The monoisotopic (exact) mass is 242 g/mol. The first kappa shape index (κ1) is 14.0. The van der Waals surface area contributed by atoms with Gasteiger partial charge in [-0.25, -0.2) is 0 Å². The molecule has 0 radical (unpaired) electrons. The Labute approximate surface area is 102 Å². The van der Waals surface area contributed by atoms with Gasteiger partial charge in [-0.2, -0.15) is 0 Å². The molecular formula is C12H22N2O3. The number of carboxylic acids is 1. The Morgan fingerprint density at radius 1 is 1.24 bits per heavy atom. The van der Waals surface area contributed by atoms with Gasteiger partial charge in [-0.05, 0) is 39.5 Å². The normalized spacial score (nSPS) is 28.2. The van der Waals surface area contributed by atoms with Gasteiger partial charge in [-0.3, -0.25) is 9.59 Å². The van der Waals surface area contributed by atoms with Gasteiger partial charge in [0.05, 0.1) is 5.92 Å². The zero-order chi connectivity index (χ0) is 13.0. The molecule has 5 heteroatoms. The summed E-state index contributed by atoms with van der Waals surface area (Å²) in [6.07, 6.45) is 3.37.